The Morgan fingerprint density at radius 3 is 2.67 bits per heavy atom. The summed E-state index contributed by atoms with van der Waals surface area (Å²) in [6.45, 7) is 1.88. The second kappa shape index (κ2) is 4.87. The number of hydrogen-bond donors (Lipinski definition) is 2. The number of nitrogens with one attached hydrogen (secondary N) is 1. The molecule has 1 aliphatic rings. The van der Waals surface area contributed by atoms with E-state index in [4.69, 9.17) is 0 Å². The van der Waals surface area contributed by atoms with E-state index < -0.39 is 17.1 Å². The van der Waals surface area contributed by atoms with Crippen molar-refractivity contribution in [2.24, 2.45) is 5.92 Å². The first kappa shape index (κ1) is 13.6. The summed E-state index contributed by atoms with van der Waals surface area (Å²) >= 11 is 0. The molecule has 1 aromatic carbocycles. The van der Waals surface area contributed by atoms with Crippen molar-refractivity contribution in [3.05, 3.63) is 44.5 Å². The topological polar surface area (TPSA) is 92.2 Å². The Morgan fingerprint density at radius 2 is 2.10 bits per heavy atom. The molecule has 0 radical (unpaired) electrons. The highest BCUT2D eigenvalue weighted by Gasteiger charge is 2.28. The molecule has 0 amide bonds. The Labute approximate surface area is 120 Å². The second-order valence-electron chi connectivity index (χ2n) is 5.57. The van der Waals surface area contributed by atoms with Crippen LogP contribution >= 0.6 is 0 Å². The molecule has 0 aliphatic heterocycles. The zero-order chi connectivity index (χ0) is 15.1. The minimum absolute atomic E-state index is 0.0343. The van der Waals surface area contributed by atoms with E-state index in [0.29, 0.717) is 17.0 Å². The number of benzene rings is 1. The van der Waals surface area contributed by atoms with Crippen molar-refractivity contribution in [2.75, 3.05) is 0 Å². The molecule has 1 fully saturated rings. The lowest BCUT2D eigenvalue weighted by Crippen LogP contribution is -2.41. The van der Waals surface area contributed by atoms with Gasteiger partial charge in [-0.1, -0.05) is 12.5 Å². The Bertz CT molecular complexity index is 830. The third-order valence-electron chi connectivity index (χ3n) is 4.41. The molecule has 6 nitrogen and oxygen atoms in total. The lowest BCUT2D eigenvalue weighted by Gasteiger charge is -2.33. The Balaban J connectivity index is 2.38. The van der Waals surface area contributed by atoms with Crippen LogP contribution in [-0.2, 0) is 0 Å². The van der Waals surface area contributed by atoms with Crippen molar-refractivity contribution in [1.29, 1.82) is 0 Å². The average molecular weight is 288 g/mol. The molecule has 1 saturated carbocycles. The molecule has 2 N–H and O–H groups in total. The zero-order valence-electron chi connectivity index (χ0n) is 11.6. The van der Waals surface area contributed by atoms with Crippen LogP contribution in [0.5, 0.6) is 0 Å². The first-order chi connectivity index (χ1) is 10.0. The van der Waals surface area contributed by atoms with Gasteiger partial charge in [0.25, 0.3) is 0 Å². The minimum atomic E-state index is -1.11. The highest BCUT2D eigenvalue weighted by atomic mass is 16.4. The number of nitrogens with zero attached hydrogens (tertiary/aromatic N) is 1. The normalized spacial score (nSPS) is 16.6. The van der Waals surface area contributed by atoms with Gasteiger partial charge in [-0.15, -0.1) is 0 Å². The molecule has 1 aromatic heterocycles. The molecule has 0 spiro atoms. The Morgan fingerprint density at radius 1 is 1.38 bits per heavy atom. The number of carbonyl (C=O) groups is 1. The smallest absolute Gasteiger partial charge is 0.337 e. The summed E-state index contributed by atoms with van der Waals surface area (Å²) in [4.78, 5) is 38.0. The fourth-order valence-corrected chi connectivity index (χ4v) is 2.98. The molecule has 21 heavy (non-hydrogen) atoms. The summed E-state index contributed by atoms with van der Waals surface area (Å²) in [7, 11) is 0. The number of aromatic nitrogens is 2. The minimum Gasteiger partial charge on any atom is -0.478 e. The predicted molar refractivity (Wildman–Crippen MR) is 77.8 cm³/mol. The van der Waals surface area contributed by atoms with Crippen LogP contribution in [-0.4, -0.2) is 20.6 Å². The fourth-order valence-electron chi connectivity index (χ4n) is 2.98. The van der Waals surface area contributed by atoms with E-state index in [1.54, 1.807) is 12.1 Å². The summed E-state index contributed by atoms with van der Waals surface area (Å²) in [6, 6.07) is 4.44. The quantitative estimate of drug-likeness (QED) is 0.842. The Hall–Kier alpha value is -2.37. The first-order valence-electron chi connectivity index (χ1n) is 7.01. The van der Waals surface area contributed by atoms with Gasteiger partial charge in [0.05, 0.1) is 16.6 Å². The maximum absolute atomic E-state index is 12.3. The third kappa shape index (κ3) is 2.07. The van der Waals surface area contributed by atoms with Crippen molar-refractivity contribution >= 4 is 17.0 Å². The van der Waals surface area contributed by atoms with Crippen molar-refractivity contribution in [1.82, 2.24) is 9.55 Å². The number of fused-ring (bicyclic) bond motifs is 1. The number of H-pyrrole nitrogens is 1. The number of carboxylic acid groups (broad SMARTS) is 1. The van der Waals surface area contributed by atoms with Gasteiger partial charge < -0.3 is 10.1 Å². The van der Waals surface area contributed by atoms with E-state index in [1.807, 2.05) is 6.92 Å². The van der Waals surface area contributed by atoms with Crippen molar-refractivity contribution in [3.8, 4) is 0 Å². The van der Waals surface area contributed by atoms with Crippen LogP contribution in [0.1, 0.15) is 42.6 Å². The Kier molecular flexibility index (Phi) is 3.16. The molecule has 1 heterocycles. The van der Waals surface area contributed by atoms with Gasteiger partial charge in [-0.3, -0.25) is 14.2 Å². The van der Waals surface area contributed by atoms with Gasteiger partial charge >= 0.3 is 17.1 Å². The van der Waals surface area contributed by atoms with Gasteiger partial charge in [0.2, 0.25) is 0 Å². The summed E-state index contributed by atoms with van der Waals surface area (Å²) in [5.41, 5.74) is -0.682. The van der Waals surface area contributed by atoms with Gasteiger partial charge in [0.1, 0.15) is 0 Å². The first-order valence-corrected chi connectivity index (χ1v) is 7.01. The lowest BCUT2D eigenvalue weighted by molar-refractivity contribution is 0.0698. The van der Waals surface area contributed by atoms with E-state index in [1.165, 1.54) is 10.6 Å². The summed E-state index contributed by atoms with van der Waals surface area (Å²) in [5.74, 6) is -0.795. The lowest BCUT2D eigenvalue weighted by atomic mass is 9.80. The summed E-state index contributed by atoms with van der Waals surface area (Å²) < 4.78 is 1.36. The molecule has 1 aliphatic carbocycles. The van der Waals surface area contributed by atoms with Crippen LogP contribution < -0.4 is 11.1 Å². The van der Waals surface area contributed by atoms with Crippen molar-refractivity contribution < 1.29 is 9.90 Å². The number of aromatic carboxylic acids is 1. The zero-order valence-corrected chi connectivity index (χ0v) is 11.6. The molecule has 6 heteroatoms. The SMILES string of the molecule is CC(C1CCC1)n1c(=O)c(=O)[nH]c2cccc(C(=O)O)c21. The van der Waals surface area contributed by atoms with E-state index in [-0.39, 0.29) is 11.6 Å². The predicted octanol–water partition coefficient (Wildman–Crippen LogP) is 1.75. The van der Waals surface area contributed by atoms with Crippen molar-refractivity contribution in [2.45, 2.75) is 32.2 Å². The summed E-state index contributed by atoms with van der Waals surface area (Å²) in [6.07, 6.45) is 3.10. The molecule has 0 saturated heterocycles. The number of aromatic amines is 1. The molecular weight excluding hydrogens is 272 g/mol. The van der Waals surface area contributed by atoms with Gasteiger partial charge in [-0.2, -0.15) is 0 Å². The molecule has 110 valence electrons. The third-order valence-corrected chi connectivity index (χ3v) is 4.41. The van der Waals surface area contributed by atoms with Crippen LogP contribution in [0.4, 0.5) is 0 Å². The summed E-state index contributed by atoms with van der Waals surface area (Å²) in [5, 5.41) is 9.35. The van der Waals surface area contributed by atoms with Gasteiger partial charge in [-0.05, 0) is 37.8 Å². The second-order valence-corrected chi connectivity index (χ2v) is 5.57. The maximum Gasteiger partial charge on any atom is 0.337 e. The molecule has 1 atom stereocenters. The molecule has 1 unspecified atom stereocenters. The largest absolute Gasteiger partial charge is 0.478 e. The van der Waals surface area contributed by atoms with Crippen LogP contribution in [0.2, 0.25) is 0 Å². The van der Waals surface area contributed by atoms with Crippen LogP contribution in [0.25, 0.3) is 11.0 Å². The van der Waals surface area contributed by atoms with Gasteiger partial charge in [0.15, 0.2) is 0 Å². The number of hydrogen-bond acceptors (Lipinski definition) is 3. The fraction of sp³-hybridized carbons (Fsp3) is 0.400. The molecule has 0 bridgehead atoms. The molecule has 2 aromatic rings. The van der Waals surface area contributed by atoms with E-state index in [2.05, 4.69) is 4.98 Å². The van der Waals surface area contributed by atoms with Crippen LogP contribution in [0, 0.1) is 5.92 Å². The maximum atomic E-state index is 12.3. The van der Waals surface area contributed by atoms with E-state index >= 15 is 0 Å². The highest BCUT2D eigenvalue weighted by molar-refractivity contribution is 6.00. The average Bonchev–Trinajstić information content (AvgIpc) is 2.37. The van der Waals surface area contributed by atoms with Gasteiger partial charge in [0, 0.05) is 6.04 Å². The standard InChI is InChI=1S/C15H16N2O4/c1-8(9-4-2-5-9)17-12-10(15(20)21)6-3-7-11(12)16-13(18)14(17)19/h3,6-9H,2,4-5H2,1H3,(H,16,18)(H,20,21). The van der Waals surface area contributed by atoms with E-state index in [0.717, 1.165) is 19.3 Å². The van der Waals surface area contributed by atoms with Crippen molar-refractivity contribution in [3.63, 3.8) is 0 Å². The number of carboxylic acids is 1. The van der Waals surface area contributed by atoms with Crippen LogP contribution in [0.3, 0.4) is 0 Å². The monoisotopic (exact) mass is 288 g/mol. The van der Waals surface area contributed by atoms with Gasteiger partial charge in [-0.25, -0.2) is 4.79 Å². The molecular formula is C15H16N2O4. The van der Waals surface area contributed by atoms with E-state index in [9.17, 15) is 19.5 Å². The number of para-hydroxylation sites is 1. The molecule has 3 rings (SSSR count). The number of rotatable bonds is 3. The van der Waals surface area contributed by atoms with Crippen LogP contribution in [0.15, 0.2) is 27.8 Å². The highest BCUT2D eigenvalue weighted by Crippen LogP contribution is 2.36.